The topological polar surface area (TPSA) is 189 Å². The number of hydrogen-bond acceptors (Lipinski definition) is 10. The molecule has 1 N–H and O–H groups in total. The number of amides is 1. The number of nitrogens with one attached hydrogen (secondary N) is 1. The standard InChI is InChI=1S/C22H17N5O9/c1-35-21-10-14(13-23-24-22(28)11-15-4-2-3-5-17(15)26(31)32)6-8-20(21)36-19-9-7-16(25(29)30)12-18(19)27(33)34/h2-10,12-13H,11H2,1H3,(H,24,28). The van der Waals surface area contributed by atoms with Crippen molar-refractivity contribution in [3.8, 4) is 17.2 Å². The van der Waals surface area contributed by atoms with Crippen molar-refractivity contribution in [2.75, 3.05) is 7.11 Å². The minimum atomic E-state index is -0.803. The zero-order valence-corrected chi connectivity index (χ0v) is 18.5. The van der Waals surface area contributed by atoms with Gasteiger partial charge in [-0.25, -0.2) is 5.43 Å². The summed E-state index contributed by atoms with van der Waals surface area (Å²) in [5.74, 6) is -0.546. The Hall–Kier alpha value is -5.40. The SMILES string of the molecule is COc1cc(C=NNC(=O)Cc2ccccc2[N+](=O)[O-])ccc1Oc1ccc([N+](=O)[O-])cc1[N+](=O)[O-]. The Morgan fingerprint density at radius 3 is 2.25 bits per heavy atom. The lowest BCUT2D eigenvalue weighted by Crippen LogP contribution is -2.20. The molecule has 0 aliphatic rings. The van der Waals surface area contributed by atoms with Crippen LogP contribution >= 0.6 is 0 Å². The zero-order valence-electron chi connectivity index (χ0n) is 18.5. The van der Waals surface area contributed by atoms with E-state index in [4.69, 9.17) is 9.47 Å². The predicted octanol–water partition coefficient (Wildman–Crippen LogP) is 3.90. The van der Waals surface area contributed by atoms with E-state index in [2.05, 4.69) is 10.5 Å². The first-order valence-corrected chi connectivity index (χ1v) is 10.0. The van der Waals surface area contributed by atoms with Gasteiger partial charge in [0.1, 0.15) is 0 Å². The second kappa shape index (κ2) is 11.1. The quantitative estimate of drug-likeness (QED) is 0.247. The van der Waals surface area contributed by atoms with Gasteiger partial charge in [0, 0.05) is 17.7 Å². The first-order chi connectivity index (χ1) is 17.2. The summed E-state index contributed by atoms with van der Waals surface area (Å²) < 4.78 is 10.8. The third-order valence-corrected chi connectivity index (χ3v) is 4.70. The number of non-ortho nitro benzene ring substituents is 1. The Morgan fingerprint density at radius 1 is 0.889 bits per heavy atom. The second-order valence-corrected chi connectivity index (χ2v) is 7.03. The number of carbonyl (C=O) groups excluding carboxylic acids is 1. The number of methoxy groups -OCH3 is 1. The maximum atomic E-state index is 12.1. The molecule has 184 valence electrons. The van der Waals surface area contributed by atoms with Crippen molar-refractivity contribution in [2.24, 2.45) is 5.10 Å². The molecule has 0 atom stereocenters. The van der Waals surface area contributed by atoms with Gasteiger partial charge >= 0.3 is 5.69 Å². The van der Waals surface area contributed by atoms with Crippen molar-refractivity contribution >= 4 is 29.2 Å². The van der Waals surface area contributed by atoms with E-state index < -0.39 is 32.1 Å². The minimum Gasteiger partial charge on any atom is -0.493 e. The van der Waals surface area contributed by atoms with Crippen LogP contribution in [0.5, 0.6) is 17.2 Å². The van der Waals surface area contributed by atoms with Gasteiger partial charge in [-0.15, -0.1) is 0 Å². The third-order valence-electron chi connectivity index (χ3n) is 4.70. The number of benzene rings is 3. The molecule has 3 aromatic carbocycles. The predicted molar refractivity (Wildman–Crippen MR) is 125 cm³/mol. The van der Waals surface area contributed by atoms with E-state index in [1.54, 1.807) is 6.07 Å². The molecule has 0 radical (unpaired) electrons. The molecule has 14 nitrogen and oxygen atoms in total. The Kier molecular flexibility index (Phi) is 7.81. The molecule has 3 aromatic rings. The summed E-state index contributed by atoms with van der Waals surface area (Å²) >= 11 is 0. The van der Waals surface area contributed by atoms with Gasteiger partial charge in [-0.3, -0.25) is 35.1 Å². The highest BCUT2D eigenvalue weighted by molar-refractivity contribution is 5.84. The van der Waals surface area contributed by atoms with Crippen LogP contribution in [-0.2, 0) is 11.2 Å². The third kappa shape index (κ3) is 6.13. The van der Waals surface area contributed by atoms with Crippen LogP contribution in [0.25, 0.3) is 0 Å². The maximum absolute atomic E-state index is 12.1. The van der Waals surface area contributed by atoms with E-state index in [1.807, 2.05) is 0 Å². The number of nitro groups is 3. The molecule has 0 bridgehead atoms. The summed E-state index contributed by atoms with van der Waals surface area (Å²) in [6, 6.07) is 13.2. The molecule has 0 unspecified atom stereocenters. The van der Waals surface area contributed by atoms with Crippen LogP contribution in [-0.4, -0.2) is 34.0 Å². The smallest absolute Gasteiger partial charge is 0.318 e. The summed E-state index contributed by atoms with van der Waals surface area (Å²) in [6.07, 6.45) is 1.04. The molecule has 14 heteroatoms. The van der Waals surface area contributed by atoms with Crippen LogP contribution in [0.2, 0.25) is 0 Å². The molecule has 0 saturated heterocycles. The van der Waals surface area contributed by atoms with E-state index >= 15 is 0 Å². The normalized spacial score (nSPS) is 10.6. The van der Waals surface area contributed by atoms with Crippen LogP contribution < -0.4 is 14.9 Å². The van der Waals surface area contributed by atoms with Gasteiger partial charge in [-0.2, -0.15) is 5.10 Å². The maximum Gasteiger partial charge on any atom is 0.318 e. The molecule has 0 spiro atoms. The van der Waals surface area contributed by atoms with Crippen LogP contribution in [0, 0.1) is 30.3 Å². The number of carbonyl (C=O) groups is 1. The largest absolute Gasteiger partial charge is 0.493 e. The highest BCUT2D eigenvalue weighted by Gasteiger charge is 2.22. The van der Waals surface area contributed by atoms with Gasteiger partial charge in [-0.1, -0.05) is 18.2 Å². The lowest BCUT2D eigenvalue weighted by molar-refractivity contribution is -0.394. The lowest BCUT2D eigenvalue weighted by atomic mass is 10.1. The first-order valence-electron chi connectivity index (χ1n) is 10.0. The van der Waals surface area contributed by atoms with E-state index in [1.165, 1.54) is 49.7 Å². The van der Waals surface area contributed by atoms with Gasteiger partial charge < -0.3 is 9.47 Å². The summed E-state index contributed by atoms with van der Waals surface area (Å²) in [7, 11) is 1.34. The lowest BCUT2D eigenvalue weighted by Gasteiger charge is -2.11. The fraction of sp³-hybridized carbons (Fsp3) is 0.0909. The van der Waals surface area contributed by atoms with Crippen molar-refractivity contribution in [3.63, 3.8) is 0 Å². The fourth-order valence-electron chi connectivity index (χ4n) is 3.05. The Labute approximate surface area is 202 Å². The molecule has 0 heterocycles. The highest BCUT2D eigenvalue weighted by atomic mass is 16.6. The van der Waals surface area contributed by atoms with Gasteiger partial charge in [0.25, 0.3) is 11.4 Å². The fourth-order valence-corrected chi connectivity index (χ4v) is 3.05. The van der Waals surface area contributed by atoms with Gasteiger partial charge in [-0.05, 0) is 29.8 Å². The molecule has 36 heavy (non-hydrogen) atoms. The summed E-state index contributed by atoms with van der Waals surface area (Å²) in [5, 5.41) is 37.1. The van der Waals surface area contributed by atoms with E-state index in [9.17, 15) is 35.1 Å². The van der Waals surface area contributed by atoms with Gasteiger partial charge in [0.05, 0.1) is 40.6 Å². The van der Waals surface area contributed by atoms with E-state index in [-0.39, 0.29) is 34.9 Å². The van der Waals surface area contributed by atoms with Crippen LogP contribution in [0.3, 0.4) is 0 Å². The van der Waals surface area contributed by atoms with Gasteiger partial charge in [0.2, 0.25) is 11.7 Å². The molecule has 0 fully saturated rings. The number of hydrazone groups is 1. The van der Waals surface area contributed by atoms with Crippen molar-refractivity contribution < 1.29 is 29.0 Å². The molecule has 0 saturated carbocycles. The number of nitrogens with zero attached hydrogens (tertiary/aromatic N) is 4. The Morgan fingerprint density at radius 2 is 1.58 bits per heavy atom. The summed E-state index contributed by atoms with van der Waals surface area (Å²) in [4.78, 5) is 43.3. The van der Waals surface area contributed by atoms with Crippen LogP contribution in [0.1, 0.15) is 11.1 Å². The molecule has 0 aliphatic carbocycles. The number of ether oxygens (including phenoxy) is 2. The number of hydrogen-bond donors (Lipinski definition) is 1. The van der Waals surface area contributed by atoms with Crippen LogP contribution in [0.15, 0.2) is 65.8 Å². The minimum absolute atomic E-state index is 0.0898. The number of nitro benzene ring substituents is 3. The van der Waals surface area contributed by atoms with E-state index in [0.717, 1.165) is 18.2 Å². The van der Waals surface area contributed by atoms with Crippen molar-refractivity contribution in [2.45, 2.75) is 6.42 Å². The molecular weight excluding hydrogens is 478 g/mol. The first kappa shape index (κ1) is 25.2. The van der Waals surface area contributed by atoms with Crippen molar-refractivity contribution in [1.82, 2.24) is 5.43 Å². The van der Waals surface area contributed by atoms with Crippen molar-refractivity contribution in [1.29, 1.82) is 0 Å². The average molecular weight is 495 g/mol. The number of rotatable bonds is 10. The summed E-state index contributed by atoms with van der Waals surface area (Å²) in [5.41, 5.74) is 1.74. The second-order valence-electron chi connectivity index (χ2n) is 7.03. The van der Waals surface area contributed by atoms with Crippen molar-refractivity contribution in [3.05, 3.63) is 102 Å². The molecular formula is C22H17N5O9. The zero-order chi connectivity index (χ0) is 26.2. The summed E-state index contributed by atoms with van der Waals surface area (Å²) in [6.45, 7) is 0. The highest BCUT2D eigenvalue weighted by Crippen LogP contribution is 2.38. The van der Waals surface area contributed by atoms with Crippen LogP contribution in [0.4, 0.5) is 17.1 Å². The Balaban J connectivity index is 1.72. The Bertz CT molecular complexity index is 1370. The average Bonchev–Trinajstić information content (AvgIpc) is 2.85. The molecule has 0 aliphatic heterocycles. The molecule has 1 amide bonds. The molecule has 3 rings (SSSR count). The number of para-hydroxylation sites is 1. The van der Waals surface area contributed by atoms with Gasteiger partial charge in [0.15, 0.2) is 11.5 Å². The molecule has 0 aromatic heterocycles. The monoisotopic (exact) mass is 495 g/mol. The van der Waals surface area contributed by atoms with E-state index in [0.29, 0.717) is 5.56 Å².